The second kappa shape index (κ2) is 13.6. The van der Waals surface area contributed by atoms with Crippen LogP contribution in [0.2, 0.25) is 0 Å². The summed E-state index contributed by atoms with van der Waals surface area (Å²) in [6.07, 6.45) is 0.682. The average Bonchev–Trinajstić information content (AvgIpc) is 3.18. The van der Waals surface area contributed by atoms with Gasteiger partial charge in [-0.25, -0.2) is 5.90 Å². The lowest BCUT2D eigenvalue weighted by molar-refractivity contribution is -0.143. The number of amides is 3. The highest BCUT2D eigenvalue weighted by atomic mass is 16.6. The molecule has 31 heavy (non-hydrogen) atoms. The fourth-order valence-electron chi connectivity index (χ4n) is 3.50. The van der Waals surface area contributed by atoms with Gasteiger partial charge in [0.2, 0.25) is 17.7 Å². The summed E-state index contributed by atoms with van der Waals surface area (Å²) in [6, 6.07) is -2.28. The second-order valence-electron chi connectivity index (χ2n) is 8.16. The van der Waals surface area contributed by atoms with Crippen LogP contribution in [0.4, 0.5) is 0 Å². The largest absolute Gasteiger partial charge is 0.366 e. The Morgan fingerprint density at radius 1 is 1.26 bits per heavy atom. The third-order valence-corrected chi connectivity index (χ3v) is 5.18. The number of likely N-dealkylation sites (N-methyl/N-ethyl adjacent to an activating group) is 1. The van der Waals surface area contributed by atoms with E-state index in [2.05, 4.69) is 15.5 Å². The molecule has 4 atom stereocenters. The lowest BCUT2D eigenvalue weighted by atomic mass is 10.0. The number of aliphatic hydroxyl groups is 1. The lowest BCUT2D eigenvalue weighted by Gasteiger charge is -2.29. The Labute approximate surface area is 183 Å². The molecule has 7 N–H and O–H groups in total. The molecule has 1 aliphatic rings. The van der Waals surface area contributed by atoms with Gasteiger partial charge in [0.05, 0.1) is 12.6 Å². The number of methoxy groups -OCH3 is 1. The molecule has 0 aromatic rings. The fraction of sp³-hybridized carbons (Fsp3) is 0.842. The predicted molar refractivity (Wildman–Crippen MR) is 113 cm³/mol. The van der Waals surface area contributed by atoms with Crippen molar-refractivity contribution in [2.75, 3.05) is 40.5 Å². The Morgan fingerprint density at radius 2 is 1.94 bits per heavy atom. The number of likely N-dealkylation sites (tertiary alicyclic amines) is 1. The van der Waals surface area contributed by atoms with Crippen LogP contribution in [0, 0.1) is 5.92 Å². The van der Waals surface area contributed by atoms with Crippen LogP contribution in [0.25, 0.3) is 0 Å². The van der Waals surface area contributed by atoms with Crippen LogP contribution in [0.5, 0.6) is 0 Å². The van der Waals surface area contributed by atoms with Crippen LogP contribution in [0.1, 0.15) is 33.1 Å². The highest BCUT2D eigenvalue weighted by Crippen LogP contribution is 2.17. The molecule has 4 unspecified atom stereocenters. The summed E-state index contributed by atoms with van der Waals surface area (Å²) in [5, 5.41) is 15.0. The maximum absolute atomic E-state index is 12.8. The van der Waals surface area contributed by atoms with E-state index >= 15 is 0 Å². The second-order valence-corrected chi connectivity index (χ2v) is 8.16. The number of carbonyl (C=O) groups is 3. The van der Waals surface area contributed by atoms with Crippen LogP contribution < -0.4 is 22.3 Å². The maximum Gasteiger partial charge on any atom is 0.245 e. The van der Waals surface area contributed by atoms with Crippen LogP contribution in [0.15, 0.2) is 0 Å². The van der Waals surface area contributed by atoms with Gasteiger partial charge in [0.15, 0.2) is 6.29 Å². The van der Waals surface area contributed by atoms with E-state index in [0.29, 0.717) is 19.4 Å². The van der Waals surface area contributed by atoms with Crippen LogP contribution in [-0.2, 0) is 24.0 Å². The molecule has 180 valence electrons. The number of hydrogen-bond acceptors (Lipinski definition) is 9. The molecule has 0 radical (unpaired) electrons. The van der Waals surface area contributed by atoms with E-state index in [1.807, 2.05) is 13.8 Å². The van der Waals surface area contributed by atoms with Crippen LogP contribution >= 0.6 is 0 Å². The van der Waals surface area contributed by atoms with Crippen molar-refractivity contribution in [3.05, 3.63) is 0 Å². The van der Waals surface area contributed by atoms with E-state index in [1.54, 1.807) is 4.90 Å². The van der Waals surface area contributed by atoms with Gasteiger partial charge in [0, 0.05) is 27.2 Å². The summed E-state index contributed by atoms with van der Waals surface area (Å²) < 4.78 is 4.78. The molecule has 3 amide bonds. The van der Waals surface area contributed by atoms with E-state index < -0.39 is 30.3 Å². The van der Waals surface area contributed by atoms with Gasteiger partial charge in [-0.2, -0.15) is 0 Å². The van der Waals surface area contributed by atoms with Gasteiger partial charge >= 0.3 is 0 Å². The predicted octanol–water partition coefficient (Wildman–Crippen LogP) is -2.30. The van der Waals surface area contributed by atoms with Crippen molar-refractivity contribution in [2.45, 2.75) is 57.5 Å². The smallest absolute Gasteiger partial charge is 0.245 e. The summed E-state index contributed by atoms with van der Waals surface area (Å²) in [7, 11) is 2.84. The molecule has 0 aromatic heterocycles. The first-order chi connectivity index (χ1) is 14.6. The van der Waals surface area contributed by atoms with Crippen molar-refractivity contribution in [1.29, 1.82) is 0 Å². The first kappa shape index (κ1) is 27.2. The molecular weight excluding hydrogens is 408 g/mol. The van der Waals surface area contributed by atoms with Crippen molar-refractivity contribution in [3.63, 3.8) is 0 Å². The van der Waals surface area contributed by atoms with Gasteiger partial charge in [0.25, 0.3) is 0 Å². The molecule has 0 aromatic carbocycles. The summed E-state index contributed by atoms with van der Waals surface area (Å²) in [6.45, 7) is 4.46. The number of nitrogens with zero attached hydrogens (tertiary/aromatic N) is 2. The lowest BCUT2D eigenvalue weighted by Crippen LogP contribution is -2.58. The first-order valence-electron chi connectivity index (χ1n) is 10.5. The molecule has 1 rings (SSSR count). The van der Waals surface area contributed by atoms with Gasteiger partial charge in [-0.15, -0.1) is 0 Å². The SMILES string of the molecule is COC(O)CN(C)C(=O)C(CC(C)C)NC(=O)C(CN)NC(=O)C1CCCN1CON. The molecule has 0 aliphatic carbocycles. The summed E-state index contributed by atoms with van der Waals surface area (Å²) in [5.74, 6) is 3.97. The molecular formula is C19H38N6O6. The standard InChI is InChI=1S/C19H38N6O6/c1-12(2)8-13(19(29)24(3)10-16(26)30-4)22-17(27)14(9-20)23-18(28)15-6-5-7-25(15)11-31-21/h12-16,26H,5-11,20-21H2,1-4H3,(H,22,27)(H,23,28). The normalized spacial score (nSPS) is 19.7. The monoisotopic (exact) mass is 446 g/mol. The summed E-state index contributed by atoms with van der Waals surface area (Å²) in [5.41, 5.74) is 5.73. The molecule has 12 nitrogen and oxygen atoms in total. The minimum absolute atomic E-state index is 0.0441. The number of hydrogen-bond donors (Lipinski definition) is 5. The Bertz CT molecular complexity index is 592. The van der Waals surface area contributed by atoms with E-state index in [4.69, 9.17) is 16.4 Å². The minimum Gasteiger partial charge on any atom is -0.366 e. The van der Waals surface area contributed by atoms with E-state index in [0.717, 1.165) is 6.42 Å². The molecule has 0 saturated carbocycles. The Morgan fingerprint density at radius 3 is 2.48 bits per heavy atom. The Hall–Kier alpha value is -1.83. The first-order valence-corrected chi connectivity index (χ1v) is 10.5. The van der Waals surface area contributed by atoms with E-state index in [1.165, 1.54) is 19.1 Å². The highest BCUT2D eigenvalue weighted by molar-refractivity contribution is 5.93. The van der Waals surface area contributed by atoms with Gasteiger partial charge in [0.1, 0.15) is 18.8 Å². The molecule has 1 aliphatic heterocycles. The van der Waals surface area contributed by atoms with Gasteiger partial charge in [-0.05, 0) is 25.2 Å². The molecule has 1 fully saturated rings. The number of ether oxygens (including phenoxy) is 1. The Balaban J connectivity index is 2.79. The third-order valence-electron chi connectivity index (χ3n) is 5.18. The van der Waals surface area contributed by atoms with Crippen molar-refractivity contribution in [3.8, 4) is 0 Å². The highest BCUT2D eigenvalue weighted by Gasteiger charge is 2.34. The number of aliphatic hydroxyl groups excluding tert-OH is 1. The Kier molecular flexibility index (Phi) is 11.9. The van der Waals surface area contributed by atoms with E-state index in [-0.39, 0.29) is 37.6 Å². The van der Waals surface area contributed by atoms with Crippen molar-refractivity contribution < 1.29 is 29.1 Å². The van der Waals surface area contributed by atoms with Crippen molar-refractivity contribution in [1.82, 2.24) is 20.4 Å². The van der Waals surface area contributed by atoms with Gasteiger partial charge in [-0.3, -0.25) is 24.1 Å². The number of nitrogens with two attached hydrogens (primary N) is 2. The van der Waals surface area contributed by atoms with Crippen LogP contribution in [-0.4, -0.2) is 97.6 Å². The van der Waals surface area contributed by atoms with Crippen LogP contribution in [0.3, 0.4) is 0 Å². The maximum atomic E-state index is 12.8. The molecule has 12 heteroatoms. The summed E-state index contributed by atoms with van der Waals surface area (Å²) in [4.78, 5) is 46.0. The zero-order chi connectivity index (χ0) is 23.6. The fourth-order valence-corrected chi connectivity index (χ4v) is 3.50. The van der Waals surface area contributed by atoms with Crippen molar-refractivity contribution in [2.24, 2.45) is 17.5 Å². The molecule has 0 bridgehead atoms. The summed E-state index contributed by atoms with van der Waals surface area (Å²) >= 11 is 0. The zero-order valence-electron chi connectivity index (χ0n) is 18.9. The van der Waals surface area contributed by atoms with E-state index in [9.17, 15) is 19.5 Å². The third kappa shape index (κ3) is 8.67. The van der Waals surface area contributed by atoms with Crippen molar-refractivity contribution >= 4 is 17.7 Å². The molecule has 1 heterocycles. The molecule has 0 spiro atoms. The minimum atomic E-state index is -1.13. The average molecular weight is 447 g/mol. The topological polar surface area (TPSA) is 172 Å². The number of rotatable bonds is 13. The molecule has 1 saturated heterocycles. The quantitative estimate of drug-likeness (QED) is 0.154. The van der Waals surface area contributed by atoms with Gasteiger partial charge < -0.3 is 31.1 Å². The zero-order valence-corrected chi connectivity index (χ0v) is 18.9. The number of nitrogens with one attached hydrogen (secondary N) is 2. The van der Waals surface area contributed by atoms with Gasteiger partial charge in [-0.1, -0.05) is 13.8 Å². The number of carbonyl (C=O) groups excluding carboxylic acids is 3.